The van der Waals surface area contributed by atoms with Gasteiger partial charge in [0.25, 0.3) is 5.56 Å². The molecule has 0 aliphatic heterocycles. The van der Waals surface area contributed by atoms with Crippen LogP contribution in [0.4, 0.5) is 11.5 Å². The van der Waals surface area contributed by atoms with E-state index in [-0.39, 0.29) is 30.5 Å². The highest BCUT2D eigenvalue weighted by atomic mass is 16.2. The Morgan fingerprint density at radius 3 is 2.20 bits per heavy atom. The number of amides is 1. The number of unbranched alkanes of at least 4 members (excludes halogenated alkanes) is 1. The zero-order valence-electron chi connectivity index (χ0n) is 20.8. The number of nitrogens with two attached hydrogens (primary N) is 1. The first-order valence-corrected chi connectivity index (χ1v) is 12.1. The van der Waals surface area contributed by atoms with E-state index in [4.69, 9.17) is 5.73 Å². The Kier molecular flexibility index (Phi) is 9.03. The SMILES string of the molecule is CCCCn1c(N)c(N(Cc2ccccc2)C(=O)CN(C)Cc2ccc(CC)cc2)c(=O)[nH]c1=O. The molecule has 8 heteroatoms. The number of hydrogen-bond donors (Lipinski definition) is 2. The maximum absolute atomic E-state index is 13.6. The third-order valence-electron chi connectivity index (χ3n) is 5.99. The van der Waals surface area contributed by atoms with E-state index in [0.717, 1.165) is 30.4 Å². The van der Waals surface area contributed by atoms with Crippen LogP contribution in [0.3, 0.4) is 0 Å². The van der Waals surface area contributed by atoms with Gasteiger partial charge in [-0.05, 0) is 36.6 Å². The van der Waals surface area contributed by atoms with E-state index in [1.807, 2.05) is 49.2 Å². The van der Waals surface area contributed by atoms with Crippen LogP contribution in [0.5, 0.6) is 0 Å². The number of aromatic amines is 1. The fourth-order valence-corrected chi connectivity index (χ4v) is 4.00. The van der Waals surface area contributed by atoms with E-state index in [2.05, 4.69) is 36.2 Å². The molecule has 186 valence electrons. The normalized spacial score (nSPS) is 11.1. The molecule has 0 radical (unpaired) electrons. The van der Waals surface area contributed by atoms with Gasteiger partial charge in [-0.3, -0.25) is 28.9 Å². The minimum Gasteiger partial charge on any atom is -0.383 e. The Hall–Kier alpha value is -3.65. The molecule has 1 amide bonds. The lowest BCUT2D eigenvalue weighted by Gasteiger charge is -2.27. The summed E-state index contributed by atoms with van der Waals surface area (Å²) >= 11 is 0. The average Bonchev–Trinajstić information content (AvgIpc) is 2.84. The predicted molar refractivity (Wildman–Crippen MR) is 140 cm³/mol. The first kappa shape index (κ1) is 26.0. The molecule has 3 aromatic rings. The molecule has 35 heavy (non-hydrogen) atoms. The Labute approximate surface area is 206 Å². The number of benzene rings is 2. The Morgan fingerprint density at radius 1 is 0.943 bits per heavy atom. The number of anilines is 2. The lowest BCUT2D eigenvalue weighted by atomic mass is 10.1. The summed E-state index contributed by atoms with van der Waals surface area (Å²) in [7, 11) is 1.86. The van der Waals surface area contributed by atoms with E-state index in [0.29, 0.717) is 13.1 Å². The van der Waals surface area contributed by atoms with Crippen LogP contribution in [0.2, 0.25) is 0 Å². The van der Waals surface area contributed by atoms with Gasteiger partial charge in [0.1, 0.15) is 5.82 Å². The van der Waals surface area contributed by atoms with Crippen LogP contribution >= 0.6 is 0 Å². The standard InChI is InChI=1S/C27H35N5O3/c1-4-6-16-31-25(28)24(26(34)29-27(31)35)32(18-21-10-8-7-9-11-21)23(33)19-30(3)17-22-14-12-20(5-2)13-15-22/h7-15H,4-6,16-19,28H2,1-3H3,(H,29,34,35). The van der Waals surface area contributed by atoms with E-state index < -0.39 is 11.2 Å². The van der Waals surface area contributed by atoms with Crippen LogP contribution in [0.1, 0.15) is 43.4 Å². The molecule has 3 rings (SSSR count). The molecule has 1 aromatic heterocycles. The van der Waals surface area contributed by atoms with Gasteiger partial charge in [-0.1, -0.05) is 74.9 Å². The second-order valence-electron chi connectivity index (χ2n) is 8.81. The number of aryl methyl sites for hydroxylation is 1. The third-order valence-corrected chi connectivity index (χ3v) is 5.99. The summed E-state index contributed by atoms with van der Waals surface area (Å²) in [6.45, 7) is 5.31. The van der Waals surface area contributed by atoms with Crippen molar-refractivity contribution in [2.75, 3.05) is 24.2 Å². The van der Waals surface area contributed by atoms with Crippen LogP contribution in [-0.4, -0.2) is 34.0 Å². The van der Waals surface area contributed by atoms with Gasteiger partial charge < -0.3 is 5.73 Å². The zero-order chi connectivity index (χ0) is 25.4. The third kappa shape index (κ3) is 6.70. The van der Waals surface area contributed by atoms with Crippen molar-refractivity contribution in [1.29, 1.82) is 0 Å². The molecule has 0 atom stereocenters. The number of hydrogen-bond acceptors (Lipinski definition) is 5. The molecule has 1 heterocycles. The molecule has 0 saturated carbocycles. The molecule has 0 fully saturated rings. The number of nitrogens with zero attached hydrogens (tertiary/aromatic N) is 3. The number of rotatable bonds is 11. The average molecular weight is 478 g/mol. The van der Waals surface area contributed by atoms with Crippen molar-refractivity contribution >= 4 is 17.4 Å². The predicted octanol–water partition coefficient (Wildman–Crippen LogP) is 3.15. The highest BCUT2D eigenvalue weighted by molar-refractivity contribution is 5.96. The van der Waals surface area contributed by atoms with E-state index >= 15 is 0 Å². The van der Waals surface area contributed by atoms with E-state index in [1.54, 1.807) is 0 Å². The molecular formula is C27H35N5O3. The van der Waals surface area contributed by atoms with Crippen LogP contribution in [-0.2, 0) is 30.8 Å². The van der Waals surface area contributed by atoms with Crippen LogP contribution in [0, 0.1) is 0 Å². The van der Waals surface area contributed by atoms with Crippen molar-refractivity contribution in [2.45, 2.75) is 52.7 Å². The summed E-state index contributed by atoms with van der Waals surface area (Å²) in [5.74, 6) is -0.270. The minimum atomic E-state index is -0.665. The van der Waals surface area contributed by atoms with E-state index in [9.17, 15) is 14.4 Å². The number of aromatic nitrogens is 2. The maximum Gasteiger partial charge on any atom is 0.330 e. The first-order chi connectivity index (χ1) is 16.8. The van der Waals surface area contributed by atoms with Crippen molar-refractivity contribution < 1.29 is 4.79 Å². The van der Waals surface area contributed by atoms with Crippen LogP contribution < -0.4 is 21.9 Å². The van der Waals surface area contributed by atoms with Gasteiger partial charge in [-0.25, -0.2) is 4.79 Å². The zero-order valence-corrected chi connectivity index (χ0v) is 20.8. The summed E-state index contributed by atoms with van der Waals surface area (Å²) in [5.41, 5.74) is 8.32. The van der Waals surface area contributed by atoms with Crippen molar-refractivity contribution in [3.63, 3.8) is 0 Å². The number of nitrogens with one attached hydrogen (secondary N) is 1. The molecule has 0 unspecified atom stereocenters. The summed E-state index contributed by atoms with van der Waals surface area (Å²) in [6.07, 6.45) is 2.55. The van der Waals surface area contributed by atoms with Gasteiger partial charge in [0.05, 0.1) is 13.1 Å². The van der Waals surface area contributed by atoms with Crippen LogP contribution in [0.15, 0.2) is 64.2 Å². The van der Waals surface area contributed by atoms with E-state index in [1.165, 1.54) is 15.0 Å². The summed E-state index contributed by atoms with van der Waals surface area (Å²) in [4.78, 5) is 44.5. The van der Waals surface area contributed by atoms with Crippen molar-refractivity contribution in [3.05, 3.63) is 92.1 Å². The number of carbonyl (C=O) groups is 1. The van der Waals surface area contributed by atoms with Gasteiger partial charge in [-0.15, -0.1) is 0 Å². The largest absolute Gasteiger partial charge is 0.383 e. The minimum absolute atomic E-state index is 0.00860. The Morgan fingerprint density at radius 2 is 1.57 bits per heavy atom. The molecule has 0 aliphatic carbocycles. The fraction of sp³-hybridized carbons (Fsp3) is 0.370. The number of likely N-dealkylation sites (N-methyl/N-ethyl adjacent to an activating group) is 1. The Balaban J connectivity index is 1.91. The van der Waals surface area contributed by atoms with Gasteiger partial charge in [-0.2, -0.15) is 0 Å². The van der Waals surface area contributed by atoms with Crippen molar-refractivity contribution in [2.24, 2.45) is 0 Å². The van der Waals surface area contributed by atoms with Gasteiger partial charge in [0.2, 0.25) is 5.91 Å². The summed E-state index contributed by atoms with van der Waals surface area (Å²) in [6, 6.07) is 17.7. The molecule has 8 nitrogen and oxygen atoms in total. The van der Waals surface area contributed by atoms with Crippen molar-refractivity contribution in [3.8, 4) is 0 Å². The topological polar surface area (TPSA) is 104 Å². The molecular weight excluding hydrogens is 442 g/mol. The second-order valence-corrected chi connectivity index (χ2v) is 8.81. The molecule has 0 spiro atoms. The van der Waals surface area contributed by atoms with Gasteiger partial charge in [0.15, 0.2) is 5.69 Å². The highest BCUT2D eigenvalue weighted by Gasteiger charge is 2.25. The molecule has 3 N–H and O–H groups in total. The Bertz CT molecular complexity index is 1230. The second kappa shape index (κ2) is 12.2. The lowest BCUT2D eigenvalue weighted by molar-refractivity contribution is -0.119. The number of carbonyl (C=O) groups excluding carboxylic acids is 1. The first-order valence-electron chi connectivity index (χ1n) is 12.1. The molecule has 0 aliphatic rings. The van der Waals surface area contributed by atoms with Gasteiger partial charge >= 0.3 is 5.69 Å². The number of H-pyrrole nitrogens is 1. The fourth-order valence-electron chi connectivity index (χ4n) is 4.00. The summed E-state index contributed by atoms with van der Waals surface area (Å²) in [5, 5.41) is 0. The van der Waals surface area contributed by atoms with Crippen molar-refractivity contribution in [1.82, 2.24) is 14.5 Å². The van der Waals surface area contributed by atoms with Crippen LogP contribution in [0.25, 0.3) is 0 Å². The lowest BCUT2D eigenvalue weighted by Crippen LogP contribution is -2.44. The number of nitrogen functional groups attached to an aromatic ring is 1. The van der Waals surface area contributed by atoms with Gasteiger partial charge in [0, 0.05) is 13.1 Å². The molecule has 0 bridgehead atoms. The molecule has 0 saturated heterocycles. The smallest absolute Gasteiger partial charge is 0.330 e. The highest BCUT2D eigenvalue weighted by Crippen LogP contribution is 2.20. The quantitative estimate of drug-likeness (QED) is 0.442. The maximum atomic E-state index is 13.6. The monoisotopic (exact) mass is 477 g/mol. The molecule has 2 aromatic carbocycles. The summed E-state index contributed by atoms with van der Waals surface area (Å²) < 4.78 is 1.34.